The first-order valence-electron chi connectivity index (χ1n) is 2.86. The van der Waals surface area contributed by atoms with Crippen molar-refractivity contribution < 1.29 is 0 Å². The maximum Gasteiger partial charge on any atom is 0.0771 e. The Bertz CT molecular complexity index is 160. The lowest BCUT2D eigenvalue weighted by Gasteiger charge is -1.88. The Morgan fingerprint density at radius 2 is 2.33 bits per heavy atom. The van der Waals surface area contributed by atoms with E-state index in [4.69, 9.17) is 5.26 Å². The predicted octanol–water partition coefficient (Wildman–Crippen LogP) is 1.89. The number of rotatable bonds is 2. The molecule has 0 aliphatic carbocycles. The van der Waals surface area contributed by atoms with E-state index in [-0.39, 0.29) is 0 Å². The fourth-order valence-electron chi connectivity index (χ4n) is 0.469. The fraction of sp³-hybridized carbons (Fsp3) is 0.429. The first-order valence-corrected chi connectivity index (χ1v) is 2.86. The Kier molecular flexibility index (Phi) is 4.43. The minimum atomic E-state index is 0.404. The molecule has 0 saturated carbocycles. The molecule has 0 saturated heterocycles. The summed E-state index contributed by atoms with van der Waals surface area (Å²) in [6, 6.07) is 2.02. The molecule has 0 amide bonds. The lowest BCUT2D eigenvalue weighted by molar-refractivity contribution is 1.16. The second-order valence-electron chi connectivity index (χ2n) is 1.50. The first kappa shape index (κ1) is 7.90. The third-order valence-electron chi connectivity index (χ3n) is 0.888. The van der Waals surface area contributed by atoms with Gasteiger partial charge < -0.3 is 0 Å². The molecule has 0 radical (unpaired) electrons. The molecule has 0 unspecified atom stereocenters. The molecule has 2 heteroatoms. The maximum absolute atomic E-state index is 8.23. The summed E-state index contributed by atoms with van der Waals surface area (Å²) in [4.78, 5) is 3.95. The van der Waals surface area contributed by atoms with Crippen LogP contribution in [0.25, 0.3) is 0 Å². The van der Waals surface area contributed by atoms with Gasteiger partial charge in [-0.15, -0.1) is 0 Å². The van der Waals surface area contributed by atoms with Crippen molar-refractivity contribution in [3.8, 4) is 6.07 Å². The maximum atomic E-state index is 8.23. The van der Waals surface area contributed by atoms with Crippen molar-refractivity contribution in [2.24, 2.45) is 4.99 Å². The van der Waals surface area contributed by atoms with Crippen LogP contribution in [-0.4, -0.2) is 6.21 Å². The van der Waals surface area contributed by atoms with E-state index in [9.17, 15) is 0 Å². The van der Waals surface area contributed by atoms with Crippen molar-refractivity contribution in [2.45, 2.75) is 20.3 Å². The number of nitrogens with zero attached hydrogens (tertiary/aromatic N) is 2. The standard InChI is InChI=1S/C7H10N2/c1-3-7(5-6-8)9-4-2/h3-4H,5H2,1-2H3/b7-3-,9-4?. The van der Waals surface area contributed by atoms with Crippen LogP contribution in [0.2, 0.25) is 0 Å². The number of nitriles is 1. The van der Waals surface area contributed by atoms with Crippen molar-refractivity contribution >= 4 is 6.21 Å². The van der Waals surface area contributed by atoms with Crippen LogP contribution < -0.4 is 0 Å². The smallest absolute Gasteiger partial charge is 0.0771 e. The zero-order chi connectivity index (χ0) is 7.11. The molecule has 0 bridgehead atoms. The Hall–Kier alpha value is -1.10. The lowest BCUT2D eigenvalue weighted by atomic mass is 10.3. The predicted molar refractivity (Wildman–Crippen MR) is 38.2 cm³/mol. The van der Waals surface area contributed by atoms with Gasteiger partial charge in [-0.2, -0.15) is 5.26 Å². The van der Waals surface area contributed by atoms with E-state index in [1.165, 1.54) is 0 Å². The average molecular weight is 122 g/mol. The molecule has 0 aromatic rings. The van der Waals surface area contributed by atoms with Crippen LogP contribution in [0.5, 0.6) is 0 Å². The molecule has 0 spiro atoms. The third-order valence-corrected chi connectivity index (χ3v) is 0.888. The van der Waals surface area contributed by atoms with Gasteiger partial charge in [0.25, 0.3) is 0 Å². The molecule has 0 aliphatic rings. The molecule has 9 heavy (non-hydrogen) atoms. The SMILES string of the molecule is CC=N/C(=C\C)CC#N. The molecular formula is C7H10N2. The fourth-order valence-corrected chi connectivity index (χ4v) is 0.469. The number of aliphatic imine (C=N–C) groups is 1. The van der Waals surface area contributed by atoms with Crippen LogP contribution >= 0.6 is 0 Å². The van der Waals surface area contributed by atoms with Crippen LogP contribution in [0.3, 0.4) is 0 Å². The molecule has 0 aliphatic heterocycles. The summed E-state index contributed by atoms with van der Waals surface area (Å²) in [6.45, 7) is 3.71. The minimum Gasteiger partial charge on any atom is -0.265 e. The van der Waals surface area contributed by atoms with Gasteiger partial charge in [-0.1, -0.05) is 6.08 Å². The number of hydrogen-bond acceptors (Lipinski definition) is 2. The van der Waals surface area contributed by atoms with Crippen molar-refractivity contribution in [2.75, 3.05) is 0 Å². The van der Waals surface area contributed by atoms with Gasteiger partial charge in [0.1, 0.15) is 0 Å². The summed E-state index contributed by atoms with van der Waals surface area (Å²) in [5, 5.41) is 8.23. The zero-order valence-corrected chi connectivity index (χ0v) is 5.76. The average Bonchev–Trinajstić information content (AvgIpc) is 1.88. The van der Waals surface area contributed by atoms with Gasteiger partial charge in [-0.25, -0.2) is 0 Å². The second-order valence-corrected chi connectivity index (χ2v) is 1.50. The summed E-state index contributed by atoms with van der Waals surface area (Å²) in [7, 11) is 0. The topological polar surface area (TPSA) is 36.1 Å². The molecule has 2 nitrogen and oxygen atoms in total. The summed E-state index contributed by atoms with van der Waals surface area (Å²) in [5.74, 6) is 0. The minimum absolute atomic E-state index is 0.404. The Morgan fingerprint density at radius 3 is 2.67 bits per heavy atom. The summed E-state index contributed by atoms with van der Waals surface area (Å²) < 4.78 is 0. The zero-order valence-electron chi connectivity index (χ0n) is 5.76. The highest BCUT2D eigenvalue weighted by atomic mass is 14.7. The quantitative estimate of drug-likeness (QED) is 0.515. The normalized spacial score (nSPS) is 11.9. The van der Waals surface area contributed by atoms with Crippen molar-refractivity contribution in [1.29, 1.82) is 5.26 Å². The first-order chi connectivity index (χ1) is 4.35. The summed E-state index contributed by atoms with van der Waals surface area (Å²) in [6.07, 6.45) is 3.93. The monoisotopic (exact) mass is 122 g/mol. The van der Waals surface area contributed by atoms with Gasteiger partial charge in [0.2, 0.25) is 0 Å². The Balaban J connectivity index is 3.89. The van der Waals surface area contributed by atoms with E-state index in [0.29, 0.717) is 6.42 Å². The van der Waals surface area contributed by atoms with Gasteiger partial charge in [-0.05, 0) is 13.8 Å². The molecule has 0 fully saturated rings. The summed E-state index contributed by atoms with van der Waals surface area (Å²) >= 11 is 0. The van der Waals surface area contributed by atoms with E-state index < -0.39 is 0 Å². The van der Waals surface area contributed by atoms with Gasteiger partial charge in [0, 0.05) is 11.9 Å². The number of allylic oxidation sites excluding steroid dienone is 2. The van der Waals surface area contributed by atoms with E-state index in [2.05, 4.69) is 4.99 Å². The van der Waals surface area contributed by atoms with Crippen molar-refractivity contribution in [3.63, 3.8) is 0 Å². The Morgan fingerprint density at radius 1 is 1.67 bits per heavy atom. The van der Waals surface area contributed by atoms with Gasteiger partial charge in [-0.3, -0.25) is 4.99 Å². The highest BCUT2D eigenvalue weighted by molar-refractivity contribution is 5.55. The molecule has 0 N–H and O–H groups in total. The summed E-state index contributed by atoms with van der Waals surface area (Å²) in [5.41, 5.74) is 0.833. The van der Waals surface area contributed by atoms with Crippen LogP contribution in [0.1, 0.15) is 20.3 Å². The molecule has 0 aromatic carbocycles. The largest absolute Gasteiger partial charge is 0.265 e. The molecular weight excluding hydrogens is 112 g/mol. The van der Waals surface area contributed by atoms with Crippen LogP contribution in [0.4, 0.5) is 0 Å². The molecule has 0 aromatic heterocycles. The molecule has 0 rings (SSSR count). The van der Waals surface area contributed by atoms with Crippen molar-refractivity contribution in [1.82, 2.24) is 0 Å². The third kappa shape index (κ3) is 3.48. The highest BCUT2D eigenvalue weighted by Crippen LogP contribution is 1.99. The van der Waals surface area contributed by atoms with Gasteiger partial charge in [0.15, 0.2) is 0 Å². The van der Waals surface area contributed by atoms with Crippen molar-refractivity contribution in [3.05, 3.63) is 11.8 Å². The Labute approximate surface area is 55.5 Å². The second kappa shape index (κ2) is 5.04. The van der Waals surface area contributed by atoms with Crippen LogP contribution in [0.15, 0.2) is 16.8 Å². The van der Waals surface area contributed by atoms with Gasteiger partial charge >= 0.3 is 0 Å². The van der Waals surface area contributed by atoms with E-state index in [1.807, 2.05) is 26.0 Å². The van der Waals surface area contributed by atoms with E-state index in [0.717, 1.165) is 5.70 Å². The van der Waals surface area contributed by atoms with E-state index in [1.54, 1.807) is 6.21 Å². The highest BCUT2D eigenvalue weighted by Gasteiger charge is 1.85. The van der Waals surface area contributed by atoms with Gasteiger partial charge in [0.05, 0.1) is 12.5 Å². The van der Waals surface area contributed by atoms with Crippen LogP contribution in [-0.2, 0) is 0 Å². The molecule has 0 atom stereocenters. The van der Waals surface area contributed by atoms with Crippen LogP contribution in [0, 0.1) is 11.3 Å². The van der Waals surface area contributed by atoms with E-state index >= 15 is 0 Å². The molecule has 48 valence electrons. The lowest BCUT2D eigenvalue weighted by Crippen LogP contribution is -1.74. The number of hydrogen-bond donors (Lipinski definition) is 0. The molecule has 0 heterocycles.